The molecule has 0 aliphatic carbocycles. The Hall–Kier alpha value is -1.03. The van der Waals surface area contributed by atoms with Crippen molar-refractivity contribution in [3.8, 4) is 5.88 Å². The summed E-state index contributed by atoms with van der Waals surface area (Å²) in [6.07, 6.45) is 4.07. The molecule has 1 aromatic heterocycles. The van der Waals surface area contributed by atoms with Crippen LogP contribution >= 0.6 is 0 Å². The van der Waals surface area contributed by atoms with Gasteiger partial charge < -0.3 is 10.1 Å². The predicted molar refractivity (Wildman–Crippen MR) is 49.9 cm³/mol. The molecule has 0 spiro atoms. The summed E-state index contributed by atoms with van der Waals surface area (Å²) in [5, 5.41) is 7.61. The Morgan fingerprint density at radius 3 is 3.00 bits per heavy atom. The first-order chi connectivity index (χ1) is 6.42. The summed E-state index contributed by atoms with van der Waals surface area (Å²) in [5.74, 6) is 0.868. The van der Waals surface area contributed by atoms with Gasteiger partial charge >= 0.3 is 0 Å². The van der Waals surface area contributed by atoms with Gasteiger partial charge in [-0.3, -0.25) is 0 Å². The first-order valence-corrected chi connectivity index (χ1v) is 4.70. The van der Waals surface area contributed by atoms with Crippen molar-refractivity contribution in [2.75, 3.05) is 20.2 Å². The zero-order valence-electron chi connectivity index (χ0n) is 7.86. The molecule has 1 aliphatic heterocycles. The van der Waals surface area contributed by atoms with Gasteiger partial charge in [0, 0.05) is 6.07 Å². The van der Waals surface area contributed by atoms with Crippen LogP contribution in [0.25, 0.3) is 0 Å². The van der Waals surface area contributed by atoms with Gasteiger partial charge in [0.05, 0.1) is 19.3 Å². The largest absolute Gasteiger partial charge is 0.481 e. The lowest BCUT2D eigenvalue weighted by atomic mass is 10.1. The molecule has 0 radical (unpaired) electrons. The number of aromatic nitrogens is 2. The van der Waals surface area contributed by atoms with Crippen LogP contribution in [0.15, 0.2) is 12.3 Å². The molecule has 2 rings (SSSR count). The summed E-state index contributed by atoms with van der Waals surface area (Å²) in [6, 6.07) is 2.41. The highest BCUT2D eigenvalue weighted by molar-refractivity contribution is 5.08. The summed E-state index contributed by atoms with van der Waals surface area (Å²) in [7, 11) is 1.69. The molecule has 0 atom stereocenters. The maximum atomic E-state index is 5.22. The molecule has 4 heteroatoms. The highest BCUT2D eigenvalue weighted by atomic mass is 16.5. The van der Waals surface area contributed by atoms with Crippen LogP contribution in [0.1, 0.15) is 18.9 Å². The zero-order valence-corrected chi connectivity index (χ0v) is 7.86. The average molecular weight is 181 g/mol. The van der Waals surface area contributed by atoms with Crippen molar-refractivity contribution >= 4 is 0 Å². The van der Waals surface area contributed by atoms with E-state index in [0.29, 0.717) is 6.04 Å². The number of methoxy groups -OCH3 is 1. The van der Waals surface area contributed by atoms with E-state index >= 15 is 0 Å². The van der Waals surface area contributed by atoms with Crippen molar-refractivity contribution in [2.24, 2.45) is 0 Å². The van der Waals surface area contributed by atoms with E-state index in [9.17, 15) is 0 Å². The van der Waals surface area contributed by atoms with Crippen molar-refractivity contribution < 1.29 is 4.74 Å². The molecule has 1 aromatic rings. The minimum absolute atomic E-state index is 0.506. The third-order valence-corrected chi connectivity index (χ3v) is 2.50. The molecule has 1 N–H and O–H groups in total. The van der Waals surface area contributed by atoms with Crippen LogP contribution in [0, 0.1) is 0 Å². The number of rotatable bonds is 2. The monoisotopic (exact) mass is 181 g/mol. The number of hydrogen-bond acceptors (Lipinski definition) is 3. The van der Waals surface area contributed by atoms with Crippen LogP contribution in [0.3, 0.4) is 0 Å². The van der Waals surface area contributed by atoms with Crippen molar-refractivity contribution in [1.29, 1.82) is 0 Å². The third-order valence-electron chi connectivity index (χ3n) is 2.50. The van der Waals surface area contributed by atoms with Crippen LogP contribution in [0.4, 0.5) is 0 Å². The lowest BCUT2D eigenvalue weighted by Gasteiger charge is -2.23. The van der Waals surface area contributed by atoms with Crippen LogP contribution in [0.2, 0.25) is 0 Å². The summed E-state index contributed by atoms with van der Waals surface area (Å²) in [4.78, 5) is 0. The highest BCUT2D eigenvalue weighted by Crippen LogP contribution is 2.22. The van der Waals surface area contributed by atoms with Crippen molar-refractivity contribution in [2.45, 2.75) is 18.9 Å². The second-order valence-corrected chi connectivity index (χ2v) is 3.30. The minimum Gasteiger partial charge on any atom is -0.481 e. The lowest BCUT2D eigenvalue weighted by Crippen LogP contribution is -2.30. The van der Waals surface area contributed by atoms with Gasteiger partial charge in [0.2, 0.25) is 5.88 Å². The second kappa shape index (κ2) is 3.79. The number of hydrogen-bond donors (Lipinski definition) is 1. The lowest BCUT2D eigenvalue weighted by molar-refractivity contribution is 0.288. The van der Waals surface area contributed by atoms with Crippen molar-refractivity contribution in [3.63, 3.8) is 0 Å². The van der Waals surface area contributed by atoms with E-state index < -0.39 is 0 Å². The van der Waals surface area contributed by atoms with Crippen molar-refractivity contribution in [1.82, 2.24) is 15.1 Å². The van der Waals surface area contributed by atoms with Crippen LogP contribution in [-0.2, 0) is 0 Å². The van der Waals surface area contributed by atoms with Gasteiger partial charge in [-0.2, -0.15) is 5.10 Å². The normalized spacial score (nSPS) is 18.8. The third kappa shape index (κ3) is 1.67. The Bertz CT molecular complexity index is 266. The number of nitrogens with one attached hydrogen (secondary N) is 1. The Morgan fingerprint density at radius 1 is 1.54 bits per heavy atom. The van der Waals surface area contributed by atoms with Gasteiger partial charge in [-0.25, -0.2) is 4.68 Å². The molecule has 1 fully saturated rings. The van der Waals surface area contributed by atoms with E-state index in [0.717, 1.165) is 31.8 Å². The van der Waals surface area contributed by atoms with E-state index in [1.165, 1.54) is 0 Å². The maximum absolute atomic E-state index is 5.22. The standard InChI is InChI=1S/C9H15N3O/c1-13-9-4-7-11-12(9)8-2-5-10-6-3-8/h4,7-8,10H,2-3,5-6H2,1H3. The Labute approximate surface area is 77.9 Å². The molecule has 0 unspecified atom stereocenters. The number of ether oxygens (including phenoxy) is 1. The molecule has 0 aromatic carbocycles. The van der Waals surface area contributed by atoms with Gasteiger partial charge in [-0.15, -0.1) is 0 Å². The molecule has 1 saturated heterocycles. The van der Waals surface area contributed by atoms with E-state index in [-0.39, 0.29) is 0 Å². The van der Waals surface area contributed by atoms with Gasteiger partial charge in [0.15, 0.2) is 0 Å². The van der Waals surface area contributed by atoms with Crippen LogP contribution in [-0.4, -0.2) is 30.0 Å². The van der Waals surface area contributed by atoms with Crippen LogP contribution in [0.5, 0.6) is 5.88 Å². The molecular weight excluding hydrogens is 166 g/mol. The van der Waals surface area contributed by atoms with Gasteiger partial charge in [-0.1, -0.05) is 0 Å². The maximum Gasteiger partial charge on any atom is 0.211 e. The molecule has 1 aliphatic rings. The fourth-order valence-electron chi connectivity index (χ4n) is 1.79. The Kier molecular flexibility index (Phi) is 2.49. The topological polar surface area (TPSA) is 39.1 Å². The molecular formula is C9H15N3O. The van der Waals surface area contributed by atoms with E-state index in [1.807, 2.05) is 10.7 Å². The molecule has 0 bridgehead atoms. The van der Waals surface area contributed by atoms with E-state index in [4.69, 9.17) is 4.74 Å². The SMILES string of the molecule is COc1ccnn1C1CCNCC1. The Morgan fingerprint density at radius 2 is 2.31 bits per heavy atom. The fraction of sp³-hybridized carbons (Fsp3) is 0.667. The predicted octanol–water partition coefficient (Wildman–Crippen LogP) is 0.816. The summed E-state index contributed by atoms with van der Waals surface area (Å²) in [5.41, 5.74) is 0. The van der Waals surface area contributed by atoms with Gasteiger partial charge in [0.1, 0.15) is 0 Å². The number of nitrogens with zero attached hydrogens (tertiary/aromatic N) is 2. The molecule has 13 heavy (non-hydrogen) atoms. The smallest absolute Gasteiger partial charge is 0.211 e. The second-order valence-electron chi connectivity index (χ2n) is 3.30. The summed E-state index contributed by atoms with van der Waals surface area (Å²) < 4.78 is 7.21. The first-order valence-electron chi connectivity index (χ1n) is 4.70. The first kappa shape index (κ1) is 8.56. The molecule has 0 saturated carbocycles. The average Bonchev–Trinajstić information content (AvgIpc) is 2.67. The summed E-state index contributed by atoms with van der Waals surface area (Å²) >= 11 is 0. The van der Waals surface area contributed by atoms with Gasteiger partial charge in [-0.05, 0) is 25.9 Å². The number of piperidine rings is 1. The molecule has 72 valence electrons. The van der Waals surface area contributed by atoms with E-state index in [1.54, 1.807) is 13.3 Å². The minimum atomic E-state index is 0.506. The molecule has 2 heterocycles. The quantitative estimate of drug-likeness (QED) is 0.734. The van der Waals surface area contributed by atoms with E-state index in [2.05, 4.69) is 10.4 Å². The van der Waals surface area contributed by atoms with Crippen molar-refractivity contribution in [3.05, 3.63) is 12.3 Å². The summed E-state index contributed by atoms with van der Waals surface area (Å²) in [6.45, 7) is 2.15. The van der Waals surface area contributed by atoms with Gasteiger partial charge in [0.25, 0.3) is 0 Å². The Balaban J connectivity index is 2.13. The molecule has 4 nitrogen and oxygen atoms in total. The molecule has 0 amide bonds. The fourth-order valence-corrected chi connectivity index (χ4v) is 1.79. The van der Waals surface area contributed by atoms with Crippen LogP contribution < -0.4 is 10.1 Å². The zero-order chi connectivity index (χ0) is 9.10. The highest BCUT2D eigenvalue weighted by Gasteiger charge is 2.17.